The number of rotatable bonds is 6. The van der Waals surface area contributed by atoms with Gasteiger partial charge in [-0.2, -0.15) is 23.5 Å². The third-order valence-corrected chi connectivity index (χ3v) is 7.78. The van der Waals surface area contributed by atoms with Crippen LogP contribution in [0.3, 0.4) is 0 Å². The molecule has 2 aromatic heterocycles. The van der Waals surface area contributed by atoms with Crippen LogP contribution < -0.4 is 20.7 Å². The van der Waals surface area contributed by atoms with Crippen molar-refractivity contribution in [3.8, 4) is 6.07 Å². The Hall–Kier alpha value is -3.70. The van der Waals surface area contributed by atoms with Crippen molar-refractivity contribution in [2.45, 2.75) is 37.6 Å². The highest BCUT2D eigenvalue weighted by Gasteiger charge is 2.41. The molecule has 0 radical (unpaired) electrons. The molecule has 1 amide bonds. The van der Waals surface area contributed by atoms with Crippen molar-refractivity contribution in [2.24, 2.45) is 5.92 Å². The van der Waals surface area contributed by atoms with Crippen LogP contribution in [0, 0.1) is 17.2 Å². The van der Waals surface area contributed by atoms with Crippen molar-refractivity contribution in [3.63, 3.8) is 0 Å². The van der Waals surface area contributed by atoms with Crippen molar-refractivity contribution in [2.75, 3.05) is 62.2 Å². The third kappa shape index (κ3) is 6.05. The van der Waals surface area contributed by atoms with E-state index in [0.29, 0.717) is 70.6 Å². The number of H-pyrrole nitrogens is 1. The molecular formula is C26H31F3N8O3. The van der Waals surface area contributed by atoms with Gasteiger partial charge in [0.2, 0.25) is 5.91 Å². The number of aromatic amines is 1. The van der Waals surface area contributed by atoms with Crippen LogP contribution in [0.25, 0.3) is 0 Å². The van der Waals surface area contributed by atoms with E-state index in [2.05, 4.69) is 26.4 Å². The lowest BCUT2D eigenvalue weighted by atomic mass is 9.95. The van der Waals surface area contributed by atoms with Crippen molar-refractivity contribution >= 4 is 17.4 Å². The molecule has 3 fully saturated rings. The fraction of sp³-hybridized carbons (Fsp3) is 0.577. The van der Waals surface area contributed by atoms with Gasteiger partial charge >= 0.3 is 6.18 Å². The van der Waals surface area contributed by atoms with Gasteiger partial charge in [0.25, 0.3) is 5.56 Å². The number of nitrogens with zero attached hydrogens (tertiary/aromatic N) is 6. The van der Waals surface area contributed by atoms with E-state index in [1.807, 2.05) is 16.1 Å². The summed E-state index contributed by atoms with van der Waals surface area (Å²) in [5.74, 6) is 0.574. The topological polar surface area (TPSA) is 130 Å². The number of piperazine rings is 1. The smallest absolute Gasteiger partial charge is 0.375 e. The van der Waals surface area contributed by atoms with Crippen LogP contribution in [0.2, 0.25) is 0 Å². The van der Waals surface area contributed by atoms with E-state index >= 15 is 0 Å². The van der Waals surface area contributed by atoms with E-state index in [4.69, 9.17) is 10.00 Å². The Morgan fingerprint density at radius 1 is 1.15 bits per heavy atom. The molecule has 5 heterocycles. The highest BCUT2D eigenvalue weighted by atomic mass is 19.4. The molecule has 5 rings (SSSR count). The summed E-state index contributed by atoms with van der Waals surface area (Å²) in [7, 11) is 0. The Bertz CT molecular complexity index is 1290. The Morgan fingerprint density at radius 2 is 1.95 bits per heavy atom. The molecule has 14 heteroatoms. The molecule has 3 saturated heterocycles. The number of hydrogen-bond acceptors (Lipinski definition) is 9. The van der Waals surface area contributed by atoms with Gasteiger partial charge in [-0.05, 0) is 31.4 Å². The molecule has 214 valence electrons. The molecule has 0 bridgehead atoms. The molecule has 0 saturated carbocycles. The number of halogens is 3. The van der Waals surface area contributed by atoms with Crippen molar-refractivity contribution < 1.29 is 22.7 Å². The summed E-state index contributed by atoms with van der Waals surface area (Å²) >= 11 is 0. The number of piperidine rings is 1. The number of alkyl halides is 3. The number of carbonyl (C=O) groups is 1. The molecule has 0 spiro atoms. The quantitative estimate of drug-likeness (QED) is 0.538. The monoisotopic (exact) mass is 560 g/mol. The molecule has 3 atom stereocenters. The Kier molecular flexibility index (Phi) is 8.22. The van der Waals surface area contributed by atoms with Crippen LogP contribution in [0.4, 0.5) is 24.7 Å². The number of pyridine rings is 1. The summed E-state index contributed by atoms with van der Waals surface area (Å²) in [5, 5.41) is 17.7. The van der Waals surface area contributed by atoms with Crippen LogP contribution in [0.15, 0.2) is 29.3 Å². The van der Waals surface area contributed by atoms with E-state index < -0.39 is 17.3 Å². The first-order chi connectivity index (χ1) is 19.2. The lowest BCUT2D eigenvalue weighted by Crippen LogP contribution is -2.54. The lowest BCUT2D eigenvalue weighted by molar-refractivity contribution is -0.138. The second kappa shape index (κ2) is 11.8. The van der Waals surface area contributed by atoms with Gasteiger partial charge in [0.05, 0.1) is 42.1 Å². The summed E-state index contributed by atoms with van der Waals surface area (Å²) < 4.78 is 47.0. The fourth-order valence-corrected chi connectivity index (χ4v) is 5.72. The molecule has 2 aromatic rings. The summed E-state index contributed by atoms with van der Waals surface area (Å²) in [6.45, 7) is 4.05. The Labute approximate surface area is 228 Å². The number of aromatic nitrogens is 3. The largest absolute Gasteiger partial charge is 0.423 e. The van der Waals surface area contributed by atoms with Crippen LogP contribution in [0.1, 0.15) is 30.4 Å². The molecule has 0 unspecified atom stereocenters. The molecular weight excluding hydrogens is 529 g/mol. The third-order valence-electron chi connectivity index (χ3n) is 7.78. The van der Waals surface area contributed by atoms with Crippen LogP contribution in [-0.4, -0.2) is 90.6 Å². The number of anilines is 2. The van der Waals surface area contributed by atoms with Crippen molar-refractivity contribution in [1.82, 2.24) is 25.4 Å². The van der Waals surface area contributed by atoms with Gasteiger partial charge < -0.3 is 24.8 Å². The SMILES string of the molecule is N#Cc1ccc(N2CCN(C(=O)[C@@H]3CNC[C@@H](OC[C@@H]4CCCN4c4cn[nH]c(=O)c4C(F)(F)F)C3)CC2)nc1. The molecule has 11 nitrogen and oxygen atoms in total. The number of nitrogens with one attached hydrogen (secondary N) is 2. The van der Waals surface area contributed by atoms with Crippen molar-refractivity contribution in [1.29, 1.82) is 5.26 Å². The Morgan fingerprint density at radius 3 is 2.65 bits per heavy atom. The first-order valence-corrected chi connectivity index (χ1v) is 13.4. The number of hydrogen-bond donors (Lipinski definition) is 2. The predicted octanol–water partition coefficient (Wildman–Crippen LogP) is 1.37. The zero-order valence-corrected chi connectivity index (χ0v) is 21.9. The highest BCUT2D eigenvalue weighted by Crippen LogP contribution is 2.36. The zero-order chi connectivity index (χ0) is 28.3. The second-order valence-electron chi connectivity index (χ2n) is 10.3. The summed E-state index contributed by atoms with van der Waals surface area (Å²) in [6, 6.07) is 5.26. The van der Waals surface area contributed by atoms with Crippen molar-refractivity contribution in [3.05, 3.63) is 46.0 Å². The molecule has 2 N–H and O–H groups in total. The summed E-state index contributed by atoms with van der Waals surface area (Å²) in [4.78, 5) is 35.1. The normalized spacial score (nSPS) is 23.8. The lowest BCUT2D eigenvalue weighted by Gasteiger charge is -2.39. The standard InChI is InChI=1S/C26H31F3N8O3/c27-26(28,29)23-21(15-33-34-24(23)38)37-5-1-2-19(37)16-40-20-10-18(13-31-14-20)25(39)36-8-6-35(7-9-36)22-4-3-17(11-30)12-32-22/h3-4,12,15,18-20,31H,1-2,5-10,13-14,16H2,(H,34,38)/t18-,19-,20-/m0/s1. The van der Waals surface area contributed by atoms with Gasteiger partial charge in [-0.3, -0.25) is 9.59 Å². The summed E-state index contributed by atoms with van der Waals surface area (Å²) in [5.41, 5.74) is -2.23. The number of ether oxygens (including phenoxy) is 1. The molecule has 3 aliphatic rings. The average molecular weight is 561 g/mol. The number of carbonyl (C=O) groups excluding carboxylic acids is 1. The van der Waals surface area contributed by atoms with Gasteiger partial charge in [0, 0.05) is 52.0 Å². The zero-order valence-electron chi connectivity index (χ0n) is 21.9. The average Bonchev–Trinajstić information content (AvgIpc) is 3.44. The van der Waals surface area contributed by atoms with Crippen LogP contribution >= 0.6 is 0 Å². The highest BCUT2D eigenvalue weighted by molar-refractivity contribution is 5.79. The van der Waals surface area contributed by atoms with Gasteiger partial charge in [-0.25, -0.2) is 10.1 Å². The van der Waals surface area contributed by atoms with E-state index in [0.717, 1.165) is 12.0 Å². The van der Waals surface area contributed by atoms with Crippen LogP contribution in [0.5, 0.6) is 0 Å². The summed E-state index contributed by atoms with van der Waals surface area (Å²) in [6.07, 6.45) is -0.639. The van der Waals surface area contributed by atoms with E-state index in [9.17, 15) is 22.8 Å². The maximum Gasteiger partial charge on any atom is 0.423 e. The van der Waals surface area contributed by atoms with E-state index in [1.54, 1.807) is 11.0 Å². The molecule has 40 heavy (non-hydrogen) atoms. The van der Waals surface area contributed by atoms with Gasteiger partial charge in [-0.15, -0.1) is 0 Å². The molecule has 0 aliphatic carbocycles. The molecule has 3 aliphatic heterocycles. The second-order valence-corrected chi connectivity index (χ2v) is 10.3. The van der Waals surface area contributed by atoms with Gasteiger partial charge in [-0.1, -0.05) is 0 Å². The maximum atomic E-state index is 13.6. The van der Waals surface area contributed by atoms with E-state index in [1.165, 1.54) is 6.20 Å². The maximum absolute atomic E-state index is 13.6. The van der Waals surface area contributed by atoms with Gasteiger partial charge in [0.15, 0.2) is 0 Å². The predicted molar refractivity (Wildman–Crippen MR) is 139 cm³/mol. The van der Waals surface area contributed by atoms with Crippen LogP contribution in [-0.2, 0) is 15.7 Å². The minimum absolute atomic E-state index is 0.0557. The van der Waals surface area contributed by atoms with E-state index in [-0.39, 0.29) is 36.3 Å². The van der Waals surface area contributed by atoms with Gasteiger partial charge in [0.1, 0.15) is 17.5 Å². The first-order valence-electron chi connectivity index (χ1n) is 13.4. The number of nitriles is 1. The first kappa shape index (κ1) is 27.9. The molecule has 0 aromatic carbocycles. The number of amides is 1. The fourth-order valence-electron chi connectivity index (χ4n) is 5.72. The Balaban J connectivity index is 1.14. The minimum atomic E-state index is -4.80. The minimum Gasteiger partial charge on any atom is -0.375 e.